The van der Waals surface area contributed by atoms with Crippen LogP contribution in [0.3, 0.4) is 0 Å². The molecule has 2 heterocycles. The largest absolute Gasteiger partial charge is 0.331 e. The van der Waals surface area contributed by atoms with E-state index in [9.17, 15) is 0 Å². The standard InChI is InChI=1S/C17H24N4/c1-13-16(15(12-18)21-10-6-7-11-21)19-17(20(13)2)14-8-4-3-5-9-14/h3-5,8-9,15H,6-7,10-12,18H2,1-2H3. The van der Waals surface area contributed by atoms with E-state index in [0.29, 0.717) is 6.54 Å². The Balaban J connectivity index is 1.99. The zero-order valence-corrected chi connectivity index (χ0v) is 12.9. The van der Waals surface area contributed by atoms with Crippen molar-refractivity contribution >= 4 is 0 Å². The van der Waals surface area contributed by atoms with Crippen molar-refractivity contribution in [3.05, 3.63) is 41.7 Å². The van der Waals surface area contributed by atoms with E-state index in [1.807, 2.05) is 6.07 Å². The molecule has 1 aromatic carbocycles. The molecule has 1 aromatic heterocycles. The van der Waals surface area contributed by atoms with Crippen molar-refractivity contribution in [2.24, 2.45) is 12.8 Å². The van der Waals surface area contributed by atoms with Crippen LogP contribution in [-0.4, -0.2) is 34.1 Å². The Bertz CT molecular complexity index is 597. The molecule has 3 rings (SSSR count). The molecule has 2 N–H and O–H groups in total. The van der Waals surface area contributed by atoms with Gasteiger partial charge in [-0.15, -0.1) is 0 Å². The van der Waals surface area contributed by atoms with Gasteiger partial charge in [0, 0.05) is 24.8 Å². The van der Waals surface area contributed by atoms with Crippen LogP contribution < -0.4 is 5.73 Å². The SMILES string of the molecule is Cc1c(C(CN)N2CCCC2)nc(-c2ccccc2)n1C. The van der Waals surface area contributed by atoms with Crippen molar-refractivity contribution in [3.63, 3.8) is 0 Å². The van der Waals surface area contributed by atoms with Gasteiger partial charge in [-0.2, -0.15) is 0 Å². The monoisotopic (exact) mass is 284 g/mol. The average Bonchev–Trinajstić information content (AvgIpc) is 3.13. The molecule has 1 unspecified atom stereocenters. The minimum atomic E-state index is 0.246. The Hall–Kier alpha value is -1.65. The predicted molar refractivity (Wildman–Crippen MR) is 86.0 cm³/mol. The van der Waals surface area contributed by atoms with Gasteiger partial charge < -0.3 is 10.3 Å². The quantitative estimate of drug-likeness (QED) is 0.938. The highest BCUT2D eigenvalue weighted by Crippen LogP contribution is 2.29. The summed E-state index contributed by atoms with van der Waals surface area (Å²) in [5, 5.41) is 0. The fraction of sp³-hybridized carbons (Fsp3) is 0.471. The summed E-state index contributed by atoms with van der Waals surface area (Å²) in [5.41, 5.74) is 9.58. The molecule has 1 aliphatic heterocycles. The summed E-state index contributed by atoms with van der Waals surface area (Å²) < 4.78 is 2.18. The molecule has 0 amide bonds. The fourth-order valence-electron chi connectivity index (χ4n) is 3.25. The number of benzene rings is 1. The lowest BCUT2D eigenvalue weighted by atomic mass is 10.1. The lowest BCUT2D eigenvalue weighted by Crippen LogP contribution is -2.32. The maximum atomic E-state index is 6.06. The molecule has 0 bridgehead atoms. The third-order valence-corrected chi connectivity index (χ3v) is 4.57. The summed E-state index contributed by atoms with van der Waals surface area (Å²) in [6.07, 6.45) is 2.54. The first-order valence-corrected chi connectivity index (χ1v) is 7.75. The number of imidazole rings is 1. The molecule has 2 aromatic rings. The van der Waals surface area contributed by atoms with E-state index >= 15 is 0 Å². The molecular formula is C17H24N4. The summed E-state index contributed by atoms with van der Waals surface area (Å²) in [5.74, 6) is 1.03. The Kier molecular flexibility index (Phi) is 4.08. The smallest absolute Gasteiger partial charge is 0.140 e. The molecule has 0 spiro atoms. The Morgan fingerprint density at radius 3 is 2.48 bits per heavy atom. The van der Waals surface area contributed by atoms with Gasteiger partial charge in [-0.3, -0.25) is 4.90 Å². The number of nitrogens with two attached hydrogens (primary N) is 1. The Morgan fingerprint density at radius 1 is 1.19 bits per heavy atom. The normalized spacial score (nSPS) is 17.3. The second-order valence-corrected chi connectivity index (χ2v) is 5.83. The predicted octanol–water partition coefficient (Wildman–Crippen LogP) is 2.49. The summed E-state index contributed by atoms with van der Waals surface area (Å²) in [6, 6.07) is 10.6. The molecule has 1 aliphatic rings. The van der Waals surface area contributed by atoms with Gasteiger partial charge in [0.1, 0.15) is 5.82 Å². The second kappa shape index (κ2) is 6.00. The maximum Gasteiger partial charge on any atom is 0.140 e. The average molecular weight is 284 g/mol. The number of hydrogen-bond acceptors (Lipinski definition) is 3. The third-order valence-electron chi connectivity index (χ3n) is 4.57. The van der Waals surface area contributed by atoms with E-state index in [1.54, 1.807) is 0 Å². The van der Waals surface area contributed by atoms with E-state index < -0.39 is 0 Å². The zero-order valence-electron chi connectivity index (χ0n) is 12.9. The van der Waals surface area contributed by atoms with Gasteiger partial charge >= 0.3 is 0 Å². The van der Waals surface area contributed by atoms with Gasteiger partial charge in [0.2, 0.25) is 0 Å². The van der Waals surface area contributed by atoms with Crippen LogP contribution in [0.5, 0.6) is 0 Å². The topological polar surface area (TPSA) is 47.1 Å². The lowest BCUT2D eigenvalue weighted by Gasteiger charge is -2.25. The summed E-state index contributed by atoms with van der Waals surface area (Å²) >= 11 is 0. The molecule has 0 saturated carbocycles. The van der Waals surface area contributed by atoms with Crippen LogP contribution >= 0.6 is 0 Å². The summed E-state index contributed by atoms with van der Waals surface area (Å²) in [4.78, 5) is 7.41. The highest BCUT2D eigenvalue weighted by molar-refractivity contribution is 5.56. The van der Waals surface area contributed by atoms with Crippen LogP contribution in [0, 0.1) is 6.92 Å². The van der Waals surface area contributed by atoms with Crippen molar-refractivity contribution in [2.45, 2.75) is 25.8 Å². The molecule has 4 heteroatoms. The van der Waals surface area contributed by atoms with Crippen LogP contribution in [0.4, 0.5) is 0 Å². The number of rotatable bonds is 4. The first-order valence-electron chi connectivity index (χ1n) is 7.75. The minimum Gasteiger partial charge on any atom is -0.331 e. The minimum absolute atomic E-state index is 0.246. The third kappa shape index (κ3) is 2.61. The van der Waals surface area contributed by atoms with Gasteiger partial charge in [0.15, 0.2) is 0 Å². The summed E-state index contributed by atoms with van der Waals surface area (Å²) in [6.45, 7) is 5.05. The van der Waals surface area contributed by atoms with Crippen LogP contribution in [0.15, 0.2) is 30.3 Å². The van der Waals surface area contributed by atoms with E-state index in [4.69, 9.17) is 10.7 Å². The summed E-state index contributed by atoms with van der Waals surface area (Å²) in [7, 11) is 2.09. The van der Waals surface area contributed by atoms with Gasteiger partial charge in [-0.05, 0) is 32.9 Å². The highest BCUT2D eigenvalue weighted by Gasteiger charge is 2.27. The van der Waals surface area contributed by atoms with Gasteiger partial charge in [-0.1, -0.05) is 30.3 Å². The van der Waals surface area contributed by atoms with Gasteiger partial charge in [-0.25, -0.2) is 4.98 Å². The van der Waals surface area contributed by atoms with Crippen molar-refractivity contribution in [1.82, 2.24) is 14.5 Å². The van der Waals surface area contributed by atoms with E-state index in [1.165, 1.54) is 18.5 Å². The van der Waals surface area contributed by atoms with Crippen LogP contribution in [0.2, 0.25) is 0 Å². The molecule has 0 aliphatic carbocycles. The number of nitrogens with zero attached hydrogens (tertiary/aromatic N) is 3. The molecule has 1 fully saturated rings. The van der Waals surface area contributed by atoms with Crippen LogP contribution in [0.25, 0.3) is 11.4 Å². The second-order valence-electron chi connectivity index (χ2n) is 5.83. The number of aromatic nitrogens is 2. The number of hydrogen-bond donors (Lipinski definition) is 1. The van der Waals surface area contributed by atoms with Gasteiger partial charge in [0.05, 0.1) is 11.7 Å². The first kappa shape index (κ1) is 14.3. The van der Waals surface area contributed by atoms with Crippen LogP contribution in [0.1, 0.15) is 30.3 Å². The van der Waals surface area contributed by atoms with Crippen molar-refractivity contribution < 1.29 is 0 Å². The Labute approximate surface area is 126 Å². The van der Waals surface area contributed by atoms with Crippen molar-refractivity contribution in [3.8, 4) is 11.4 Å². The first-order chi connectivity index (χ1) is 10.2. The van der Waals surface area contributed by atoms with Gasteiger partial charge in [0.25, 0.3) is 0 Å². The van der Waals surface area contributed by atoms with E-state index in [-0.39, 0.29) is 6.04 Å². The van der Waals surface area contributed by atoms with Crippen molar-refractivity contribution in [2.75, 3.05) is 19.6 Å². The number of likely N-dealkylation sites (tertiary alicyclic amines) is 1. The lowest BCUT2D eigenvalue weighted by molar-refractivity contribution is 0.246. The fourth-order valence-corrected chi connectivity index (χ4v) is 3.25. The molecule has 0 radical (unpaired) electrons. The molecule has 1 atom stereocenters. The van der Waals surface area contributed by atoms with Crippen molar-refractivity contribution in [1.29, 1.82) is 0 Å². The molecule has 4 nitrogen and oxygen atoms in total. The molecular weight excluding hydrogens is 260 g/mol. The molecule has 21 heavy (non-hydrogen) atoms. The van der Waals surface area contributed by atoms with Crippen LogP contribution in [-0.2, 0) is 7.05 Å². The zero-order chi connectivity index (χ0) is 14.8. The van der Waals surface area contributed by atoms with E-state index in [2.05, 4.69) is 47.7 Å². The molecule has 112 valence electrons. The Morgan fingerprint density at radius 2 is 1.86 bits per heavy atom. The highest BCUT2D eigenvalue weighted by atomic mass is 15.2. The molecule has 1 saturated heterocycles. The maximum absolute atomic E-state index is 6.06. The van der Waals surface area contributed by atoms with E-state index in [0.717, 1.165) is 30.2 Å².